The highest BCUT2D eigenvalue weighted by atomic mass is 16.2. The van der Waals surface area contributed by atoms with Crippen molar-refractivity contribution in [2.75, 3.05) is 0 Å². The summed E-state index contributed by atoms with van der Waals surface area (Å²) in [4.78, 5) is 13.4. The summed E-state index contributed by atoms with van der Waals surface area (Å²) in [6.45, 7) is 4.73. The van der Waals surface area contributed by atoms with Crippen molar-refractivity contribution in [2.45, 2.75) is 13.1 Å². The maximum atomic E-state index is 11.6. The minimum atomic E-state index is -0.0363. The van der Waals surface area contributed by atoms with Crippen LogP contribution in [0, 0.1) is 0 Å². The van der Waals surface area contributed by atoms with E-state index in [9.17, 15) is 4.79 Å². The first-order chi connectivity index (χ1) is 8.79. The lowest BCUT2D eigenvalue weighted by atomic mass is 10.3. The number of amides is 1. The molecule has 90 valence electrons. The lowest BCUT2D eigenvalue weighted by Crippen LogP contribution is -2.23. The zero-order valence-electron chi connectivity index (χ0n) is 9.91. The second kappa shape index (κ2) is 4.14. The first kappa shape index (κ1) is 10.8. The molecule has 3 rings (SSSR count). The van der Waals surface area contributed by atoms with Gasteiger partial charge < -0.3 is 4.90 Å². The molecule has 0 radical (unpaired) electrons. The van der Waals surface area contributed by atoms with Crippen LogP contribution in [-0.4, -0.2) is 20.6 Å². The molecule has 1 aliphatic heterocycles. The Morgan fingerprint density at radius 3 is 2.78 bits per heavy atom. The van der Waals surface area contributed by atoms with E-state index in [1.807, 2.05) is 41.2 Å². The van der Waals surface area contributed by atoms with Crippen LogP contribution in [0.5, 0.6) is 0 Å². The summed E-state index contributed by atoms with van der Waals surface area (Å²) in [7, 11) is 0. The molecule has 0 aliphatic carbocycles. The van der Waals surface area contributed by atoms with Crippen molar-refractivity contribution in [2.24, 2.45) is 0 Å². The minimum Gasteiger partial charge on any atom is -0.329 e. The highest BCUT2D eigenvalue weighted by Crippen LogP contribution is 2.24. The Labute approximate surface area is 105 Å². The topological polar surface area (TPSA) is 38.1 Å². The summed E-state index contributed by atoms with van der Waals surface area (Å²) in [6, 6.07) is 9.94. The van der Waals surface area contributed by atoms with E-state index in [-0.39, 0.29) is 5.91 Å². The van der Waals surface area contributed by atoms with Crippen LogP contribution < -0.4 is 0 Å². The highest BCUT2D eigenvalue weighted by Gasteiger charge is 2.26. The molecule has 0 saturated carbocycles. The Balaban J connectivity index is 1.95. The van der Waals surface area contributed by atoms with Gasteiger partial charge in [-0.15, -0.1) is 0 Å². The predicted molar refractivity (Wildman–Crippen MR) is 68.0 cm³/mol. The molecule has 18 heavy (non-hydrogen) atoms. The third-order valence-electron chi connectivity index (χ3n) is 3.14. The van der Waals surface area contributed by atoms with Gasteiger partial charge in [0.05, 0.1) is 24.1 Å². The van der Waals surface area contributed by atoms with Gasteiger partial charge in [-0.2, -0.15) is 5.10 Å². The fourth-order valence-corrected chi connectivity index (χ4v) is 2.23. The molecule has 0 unspecified atom stereocenters. The SMILES string of the molecule is C=CC(=O)N1Cc2cnn(-c3ccccc3)c2C1. The molecular formula is C14H13N3O. The van der Waals surface area contributed by atoms with E-state index in [4.69, 9.17) is 0 Å². The lowest BCUT2D eigenvalue weighted by molar-refractivity contribution is -0.126. The number of rotatable bonds is 2. The molecule has 2 heterocycles. The molecule has 0 N–H and O–H groups in total. The smallest absolute Gasteiger partial charge is 0.246 e. The molecule has 1 aromatic heterocycles. The summed E-state index contributed by atoms with van der Waals surface area (Å²) in [5, 5.41) is 4.38. The van der Waals surface area contributed by atoms with Crippen molar-refractivity contribution in [3.8, 4) is 5.69 Å². The molecular weight excluding hydrogens is 226 g/mol. The van der Waals surface area contributed by atoms with Crippen LogP contribution in [0.2, 0.25) is 0 Å². The Kier molecular flexibility index (Phi) is 2.48. The molecule has 1 aliphatic rings. The van der Waals surface area contributed by atoms with Crippen LogP contribution in [0.15, 0.2) is 49.2 Å². The molecule has 1 amide bonds. The van der Waals surface area contributed by atoms with Crippen molar-refractivity contribution >= 4 is 5.91 Å². The second-order valence-electron chi connectivity index (χ2n) is 4.26. The van der Waals surface area contributed by atoms with Gasteiger partial charge in [0.25, 0.3) is 0 Å². The monoisotopic (exact) mass is 239 g/mol. The van der Waals surface area contributed by atoms with E-state index in [0.29, 0.717) is 13.1 Å². The average Bonchev–Trinajstić information content (AvgIpc) is 2.98. The first-order valence-corrected chi connectivity index (χ1v) is 5.82. The second-order valence-corrected chi connectivity index (χ2v) is 4.26. The molecule has 1 aromatic carbocycles. The van der Waals surface area contributed by atoms with Crippen LogP contribution in [0.4, 0.5) is 0 Å². The molecule has 0 spiro atoms. The standard InChI is InChI=1S/C14H13N3O/c1-2-14(18)16-9-11-8-15-17(13(11)10-16)12-6-4-3-5-7-12/h2-8H,1,9-10H2. The van der Waals surface area contributed by atoms with Crippen LogP contribution >= 0.6 is 0 Å². The maximum absolute atomic E-state index is 11.6. The molecule has 4 nitrogen and oxygen atoms in total. The van der Waals surface area contributed by atoms with E-state index in [2.05, 4.69) is 11.7 Å². The third kappa shape index (κ3) is 1.62. The van der Waals surface area contributed by atoms with Crippen molar-refractivity contribution in [3.05, 3.63) is 60.4 Å². The van der Waals surface area contributed by atoms with E-state index >= 15 is 0 Å². The van der Waals surface area contributed by atoms with Gasteiger partial charge in [-0.3, -0.25) is 4.79 Å². The molecule has 4 heteroatoms. The van der Waals surface area contributed by atoms with Crippen molar-refractivity contribution in [3.63, 3.8) is 0 Å². The number of aromatic nitrogens is 2. The number of carbonyl (C=O) groups excluding carboxylic acids is 1. The zero-order chi connectivity index (χ0) is 12.5. The van der Waals surface area contributed by atoms with Crippen LogP contribution in [0.1, 0.15) is 11.3 Å². The van der Waals surface area contributed by atoms with Crippen LogP contribution in [-0.2, 0) is 17.9 Å². The van der Waals surface area contributed by atoms with E-state index in [1.54, 1.807) is 4.90 Å². The summed E-state index contributed by atoms with van der Waals surface area (Å²) >= 11 is 0. The minimum absolute atomic E-state index is 0.0363. The largest absolute Gasteiger partial charge is 0.329 e. The number of hydrogen-bond acceptors (Lipinski definition) is 2. The quantitative estimate of drug-likeness (QED) is 0.751. The fraction of sp³-hybridized carbons (Fsp3) is 0.143. The van der Waals surface area contributed by atoms with Crippen LogP contribution in [0.3, 0.4) is 0 Å². The summed E-state index contributed by atoms with van der Waals surface area (Å²) < 4.78 is 1.89. The van der Waals surface area contributed by atoms with Gasteiger partial charge in [-0.1, -0.05) is 24.8 Å². The maximum Gasteiger partial charge on any atom is 0.246 e. The number of hydrogen-bond donors (Lipinski definition) is 0. The normalized spacial score (nSPS) is 13.4. The molecule has 0 atom stereocenters. The Hall–Kier alpha value is -2.36. The number of benzene rings is 1. The van der Waals surface area contributed by atoms with Crippen molar-refractivity contribution < 1.29 is 4.79 Å². The van der Waals surface area contributed by atoms with Gasteiger partial charge in [-0.25, -0.2) is 4.68 Å². The number of para-hydroxylation sites is 1. The zero-order valence-corrected chi connectivity index (χ0v) is 9.91. The van der Waals surface area contributed by atoms with Crippen molar-refractivity contribution in [1.29, 1.82) is 0 Å². The third-order valence-corrected chi connectivity index (χ3v) is 3.14. The molecule has 0 saturated heterocycles. The highest BCUT2D eigenvalue weighted by molar-refractivity contribution is 5.87. The van der Waals surface area contributed by atoms with Crippen LogP contribution in [0.25, 0.3) is 5.69 Å². The molecule has 0 fully saturated rings. The predicted octanol–water partition coefficient (Wildman–Crippen LogP) is 1.90. The molecule has 0 bridgehead atoms. The average molecular weight is 239 g/mol. The first-order valence-electron chi connectivity index (χ1n) is 5.82. The summed E-state index contributed by atoms with van der Waals surface area (Å²) in [5.74, 6) is -0.0363. The number of fused-ring (bicyclic) bond motifs is 1. The van der Waals surface area contributed by atoms with Crippen molar-refractivity contribution in [1.82, 2.24) is 14.7 Å². The Morgan fingerprint density at radius 2 is 2.06 bits per heavy atom. The number of carbonyl (C=O) groups is 1. The van der Waals surface area contributed by atoms with E-state index in [0.717, 1.165) is 16.9 Å². The van der Waals surface area contributed by atoms with Gasteiger partial charge in [-0.05, 0) is 18.2 Å². The van der Waals surface area contributed by atoms with Gasteiger partial charge in [0, 0.05) is 12.1 Å². The van der Waals surface area contributed by atoms with Gasteiger partial charge >= 0.3 is 0 Å². The van der Waals surface area contributed by atoms with Gasteiger partial charge in [0.15, 0.2) is 0 Å². The molecule has 2 aromatic rings. The lowest BCUT2D eigenvalue weighted by Gasteiger charge is -2.13. The van der Waals surface area contributed by atoms with Gasteiger partial charge in [0.1, 0.15) is 0 Å². The fourth-order valence-electron chi connectivity index (χ4n) is 2.23. The number of nitrogens with zero attached hydrogens (tertiary/aromatic N) is 3. The van der Waals surface area contributed by atoms with E-state index < -0.39 is 0 Å². The van der Waals surface area contributed by atoms with Gasteiger partial charge in [0.2, 0.25) is 5.91 Å². The Bertz CT molecular complexity index is 601. The summed E-state index contributed by atoms with van der Waals surface area (Å²) in [5.41, 5.74) is 3.21. The van der Waals surface area contributed by atoms with E-state index in [1.165, 1.54) is 6.08 Å². The summed E-state index contributed by atoms with van der Waals surface area (Å²) in [6.07, 6.45) is 3.19. The Morgan fingerprint density at radius 1 is 1.28 bits per heavy atom.